The summed E-state index contributed by atoms with van der Waals surface area (Å²) in [7, 11) is 0. The quantitative estimate of drug-likeness (QED) is 0.570. The third-order valence-corrected chi connectivity index (χ3v) is 0.944. The van der Waals surface area contributed by atoms with Crippen LogP contribution < -0.4 is 0 Å². The van der Waals surface area contributed by atoms with Gasteiger partial charge < -0.3 is 10.0 Å². The van der Waals surface area contributed by atoms with Crippen LogP contribution in [-0.2, 0) is 4.79 Å². The molecular formula is C5H7NO2. The summed E-state index contributed by atoms with van der Waals surface area (Å²) in [4.78, 5) is 11.7. The number of carbonyl (C=O) groups is 1. The molecular weight excluding hydrogens is 106 g/mol. The van der Waals surface area contributed by atoms with Crippen molar-refractivity contribution in [3.8, 4) is 0 Å². The molecule has 1 aliphatic rings. The van der Waals surface area contributed by atoms with Gasteiger partial charge in [0.15, 0.2) is 0 Å². The van der Waals surface area contributed by atoms with E-state index in [4.69, 9.17) is 5.11 Å². The van der Waals surface area contributed by atoms with Crippen molar-refractivity contribution in [2.24, 2.45) is 0 Å². The lowest BCUT2D eigenvalue weighted by molar-refractivity contribution is -0.137. The average molecular weight is 113 g/mol. The Bertz CT molecular complexity index is 124. The first-order valence-corrected chi connectivity index (χ1v) is 2.45. The predicted octanol–water partition coefficient (Wildman–Crippen LogP) is 0.248. The van der Waals surface area contributed by atoms with Crippen molar-refractivity contribution in [3.05, 3.63) is 12.4 Å². The smallest absolute Gasteiger partial charge is 0.305 e. The van der Waals surface area contributed by atoms with E-state index in [0.29, 0.717) is 6.54 Å². The van der Waals surface area contributed by atoms with Gasteiger partial charge in [0.25, 0.3) is 0 Å². The molecule has 1 rings (SSSR count). The second-order valence-electron chi connectivity index (χ2n) is 1.68. The lowest BCUT2D eigenvalue weighted by atomic mass is 10.4. The zero-order chi connectivity index (χ0) is 5.98. The summed E-state index contributed by atoms with van der Waals surface area (Å²) in [6, 6.07) is 0. The van der Waals surface area contributed by atoms with Crippen molar-refractivity contribution < 1.29 is 9.90 Å². The van der Waals surface area contributed by atoms with Gasteiger partial charge in [0.2, 0.25) is 0 Å². The van der Waals surface area contributed by atoms with E-state index in [2.05, 4.69) is 0 Å². The maximum Gasteiger partial charge on any atom is 0.305 e. The summed E-state index contributed by atoms with van der Waals surface area (Å²) in [6.07, 6.45) is 3.93. The molecule has 44 valence electrons. The van der Waals surface area contributed by atoms with Gasteiger partial charge in [-0.05, 0) is 0 Å². The van der Waals surface area contributed by atoms with E-state index in [-0.39, 0.29) is 6.42 Å². The normalized spacial score (nSPS) is 14.2. The van der Waals surface area contributed by atoms with Crippen LogP contribution in [0, 0.1) is 0 Å². The van der Waals surface area contributed by atoms with Gasteiger partial charge in [0.1, 0.15) is 0 Å². The fraction of sp³-hybridized carbons (Fsp3) is 0.400. The Morgan fingerprint density at radius 1 is 1.62 bits per heavy atom. The first kappa shape index (κ1) is 5.15. The fourth-order valence-electron chi connectivity index (χ4n) is 0.421. The average Bonchev–Trinajstić information content (AvgIpc) is 2.41. The minimum absolute atomic E-state index is 0.229. The molecule has 1 heterocycles. The van der Waals surface area contributed by atoms with Gasteiger partial charge in [0, 0.05) is 18.9 Å². The molecule has 0 unspecified atom stereocenters. The fourth-order valence-corrected chi connectivity index (χ4v) is 0.421. The second-order valence-corrected chi connectivity index (χ2v) is 1.68. The summed E-state index contributed by atoms with van der Waals surface area (Å²) in [5.41, 5.74) is 0. The Labute approximate surface area is 47.2 Å². The van der Waals surface area contributed by atoms with Crippen LogP contribution >= 0.6 is 0 Å². The number of aliphatic carboxylic acids is 1. The lowest BCUT2D eigenvalue weighted by Gasteiger charge is -1.95. The van der Waals surface area contributed by atoms with E-state index in [1.165, 1.54) is 0 Å². The van der Waals surface area contributed by atoms with E-state index < -0.39 is 5.97 Å². The first-order chi connectivity index (χ1) is 3.79. The SMILES string of the molecule is O=C(O)CCN1C=C1. The molecule has 0 atom stereocenters. The van der Waals surface area contributed by atoms with E-state index >= 15 is 0 Å². The summed E-state index contributed by atoms with van der Waals surface area (Å²) in [5, 5.41) is 8.14. The minimum atomic E-state index is -0.737. The molecule has 1 N–H and O–H groups in total. The topological polar surface area (TPSA) is 40.3 Å². The van der Waals surface area contributed by atoms with Crippen molar-refractivity contribution in [2.45, 2.75) is 6.42 Å². The van der Waals surface area contributed by atoms with Gasteiger partial charge in [-0.15, -0.1) is 0 Å². The van der Waals surface area contributed by atoms with Gasteiger partial charge in [-0.2, -0.15) is 0 Å². The molecule has 0 aliphatic carbocycles. The van der Waals surface area contributed by atoms with Crippen LogP contribution in [0.4, 0.5) is 0 Å². The predicted molar refractivity (Wildman–Crippen MR) is 28.1 cm³/mol. The van der Waals surface area contributed by atoms with Crippen molar-refractivity contribution >= 4 is 5.97 Å². The molecule has 3 heteroatoms. The highest BCUT2D eigenvalue weighted by atomic mass is 16.4. The maximum absolute atomic E-state index is 9.88. The lowest BCUT2D eigenvalue weighted by Crippen LogP contribution is -2.05. The van der Waals surface area contributed by atoms with Crippen LogP contribution in [-0.4, -0.2) is 22.5 Å². The molecule has 0 aromatic heterocycles. The summed E-state index contributed by atoms with van der Waals surface area (Å²) < 4.78 is 0. The molecule has 0 aromatic carbocycles. The Morgan fingerprint density at radius 3 is 2.62 bits per heavy atom. The molecule has 3 nitrogen and oxygen atoms in total. The van der Waals surface area contributed by atoms with Crippen molar-refractivity contribution in [2.75, 3.05) is 6.54 Å². The van der Waals surface area contributed by atoms with E-state index in [0.717, 1.165) is 0 Å². The molecule has 1 aliphatic heterocycles. The first-order valence-electron chi connectivity index (χ1n) is 2.45. The van der Waals surface area contributed by atoms with Crippen LogP contribution in [0.5, 0.6) is 0 Å². The molecule has 0 saturated carbocycles. The van der Waals surface area contributed by atoms with Gasteiger partial charge in [-0.3, -0.25) is 4.79 Å². The molecule has 0 saturated heterocycles. The standard InChI is InChI=1S/C5H7NO2/c7-5(8)1-2-6-3-4-6/h3-4H,1-2H2,(H,7,8). The molecule has 0 aromatic rings. The number of hydrogen-bond donors (Lipinski definition) is 1. The highest BCUT2D eigenvalue weighted by Gasteiger charge is 2.06. The summed E-state index contributed by atoms with van der Waals surface area (Å²) >= 11 is 0. The number of carboxylic acids is 1. The third-order valence-electron chi connectivity index (χ3n) is 0.944. The Balaban J connectivity index is 1.96. The molecule has 8 heavy (non-hydrogen) atoms. The van der Waals surface area contributed by atoms with Gasteiger partial charge >= 0.3 is 5.97 Å². The molecule has 0 spiro atoms. The van der Waals surface area contributed by atoms with E-state index in [1.54, 1.807) is 0 Å². The van der Waals surface area contributed by atoms with Crippen LogP contribution in [0.2, 0.25) is 0 Å². The largest absolute Gasteiger partial charge is 0.481 e. The Kier molecular flexibility index (Phi) is 1.20. The zero-order valence-corrected chi connectivity index (χ0v) is 4.37. The highest BCUT2D eigenvalue weighted by molar-refractivity contribution is 5.67. The highest BCUT2D eigenvalue weighted by Crippen LogP contribution is 2.05. The molecule has 0 bridgehead atoms. The molecule has 0 radical (unpaired) electrons. The van der Waals surface area contributed by atoms with Crippen molar-refractivity contribution in [3.63, 3.8) is 0 Å². The van der Waals surface area contributed by atoms with Crippen molar-refractivity contribution in [1.82, 2.24) is 4.90 Å². The Hall–Kier alpha value is -0.990. The number of hydrogen-bond acceptors (Lipinski definition) is 2. The summed E-state index contributed by atoms with van der Waals surface area (Å²) in [6.45, 7) is 0.620. The summed E-state index contributed by atoms with van der Waals surface area (Å²) in [5.74, 6) is -0.737. The second kappa shape index (κ2) is 1.86. The van der Waals surface area contributed by atoms with E-state index in [9.17, 15) is 4.79 Å². The Morgan fingerprint density at radius 2 is 2.25 bits per heavy atom. The minimum Gasteiger partial charge on any atom is -0.481 e. The van der Waals surface area contributed by atoms with Crippen LogP contribution in [0.3, 0.4) is 0 Å². The zero-order valence-electron chi connectivity index (χ0n) is 4.37. The molecule has 0 fully saturated rings. The van der Waals surface area contributed by atoms with Gasteiger partial charge in [0.05, 0.1) is 6.42 Å². The monoisotopic (exact) mass is 113 g/mol. The van der Waals surface area contributed by atoms with Crippen LogP contribution in [0.1, 0.15) is 6.42 Å². The van der Waals surface area contributed by atoms with Gasteiger partial charge in [-0.1, -0.05) is 0 Å². The van der Waals surface area contributed by atoms with Gasteiger partial charge in [-0.25, -0.2) is 0 Å². The number of rotatable bonds is 3. The van der Waals surface area contributed by atoms with Crippen LogP contribution in [0.25, 0.3) is 0 Å². The third kappa shape index (κ3) is 1.64. The number of carboxylic acid groups (broad SMARTS) is 1. The van der Waals surface area contributed by atoms with E-state index in [1.807, 2.05) is 17.3 Å². The number of nitrogens with zero attached hydrogens (tertiary/aromatic N) is 1. The molecule has 0 amide bonds. The maximum atomic E-state index is 9.88. The van der Waals surface area contributed by atoms with Crippen LogP contribution in [0.15, 0.2) is 12.4 Å². The van der Waals surface area contributed by atoms with Crippen molar-refractivity contribution in [1.29, 1.82) is 0 Å².